The summed E-state index contributed by atoms with van der Waals surface area (Å²) in [6.07, 6.45) is 0. The van der Waals surface area contributed by atoms with Gasteiger partial charge in [0.2, 0.25) is 0 Å². The van der Waals surface area contributed by atoms with Gasteiger partial charge in [0.1, 0.15) is 0 Å². The highest BCUT2D eigenvalue weighted by Crippen LogP contribution is 2.20. The first-order valence-corrected chi connectivity index (χ1v) is 7.05. The van der Waals surface area contributed by atoms with Crippen molar-refractivity contribution in [2.24, 2.45) is 0 Å². The minimum atomic E-state index is -0.986. The average molecular weight is 291 g/mol. The number of aromatic carboxylic acids is 1. The molecule has 0 spiro atoms. The minimum Gasteiger partial charge on any atom is -0.478 e. The molecule has 0 atom stereocenters. The number of benzene rings is 1. The van der Waals surface area contributed by atoms with Gasteiger partial charge in [-0.25, -0.2) is 9.78 Å². The van der Waals surface area contributed by atoms with Gasteiger partial charge in [-0.1, -0.05) is 12.1 Å². The van der Waals surface area contributed by atoms with Gasteiger partial charge in [0.25, 0.3) is 0 Å². The van der Waals surface area contributed by atoms with E-state index in [1.165, 1.54) is 4.88 Å². The van der Waals surface area contributed by atoms with E-state index in [9.17, 15) is 9.90 Å². The Hall–Kier alpha value is -1.92. The quantitative estimate of drug-likeness (QED) is 0.827. The first-order chi connectivity index (χ1) is 9.49. The number of nitrogens with zero attached hydrogens (tertiary/aromatic N) is 2. The van der Waals surface area contributed by atoms with Crippen LogP contribution in [-0.4, -0.2) is 28.0 Å². The number of carboxylic acids is 1. The van der Waals surface area contributed by atoms with Crippen molar-refractivity contribution < 1.29 is 9.90 Å². The smallest absolute Gasteiger partial charge is 0.338 e. The summed E-state index contributed by atoms with van der Waals surface area (Å²) >= 11 is 1.61. The van der Waals surface area contributed by atoms with Crippen LogP contribution in [0.5, 0.6) is 0 Å². The summed E-state index contributed by atoms with van der Waals surface area (Å²) < 4.78 is 0. The number of nitrogens with two attached hydrogens (primary N) is 1. The number of nitrogen functional groups attached to an aromatic ring is 1. The largest absolute Gasteiger partial charge is 0.478 e. The number of anilines is 1. The lowest BCUT2D eigenvalue weighted by atomic mass is 10.1. The number of aryl methyl sites for hydroxylation is 1. The van der Waals surface area contributed by atoms with Crippen molar-refractivity contribution in [1.82, 2.24) is 9.88 Å². The normalized spacial score (nSPS) is 10.9. The van der Waals surface area contributed by atoms with E-state index in [4.69, 9.17) is 5.73 Å². The fraction of sp³-hybridized carbons (Fsp3) is 0.286. The van der Waals surface area contributed by atoms with Crippen LogP contribution in [0.1, 0.15) is 26.5 Å². The lowest BCUT2D eigenvalue weighted by molar-refractivity contribution is 0.0696. The monoisotopic (exact) mass is 291 g/mol. The fourth-order valence-corrected chi connectivity index (χ4v) is 2.94. The van der Waals surface area contributed by atoms with Crippen molar-refractivity contribution in [3.8, 4) is 0 Å². The van der Waals surface area contributed by atoms with Crippen molar-refractivity contribution in [2.45, 2.75) is 20.0 Å². The second-order valence-electron chi connectivity index (χ2n) is 4.72. The lowest BCUT2D eigenvalue weighted by Gasteiger charge is -2.18. The van der Waals surface area contributed by atoms with Crippen LogP contribution >= 0.6 is 11.3 Å². The Morgan fingerprint density at radius 3 is 2.80 bits per heavy atom. The third-order valence-corrected chi connectivity index (χ3v) is 4.02. The molecule has 5 nitrogen and oxygen atoms in total. The van der Waals surface area contributed by atoms with Gasteiger partial charge >= 0.3 is 5.97 Å². The molecule has 0 amide bonds. The van der Waals surface area contributed by atoms with Gasteiger partial charge in [-0.3, -0.25) is 4.90 Å². The molecule has 1 aromatic heterocycles. The number of hydrogen-bond donors (Lipinski definition) is 2. The highest BCUT2D eigenvalue weighted by atomic mass is 32.1. The Kier molecular flexibility index (Phi) is 4.36. The summed E-state index contributed by atoms with van der Waals surface area (Å²) in [5.74, 6) is -0.986. The molecule has 0 bridgehead atoms. The van der Waals surface area contributed by atoms with Gasteiger partial charge < -0.3 is 10.8 Å². The minimum absolute atomic E-state index is 0.195. The second-order valence-corrected chi connectivity index (χ2v) is 5.66. The van der Waals surface area contributed by atoms with E-state index in [2.05, 4.69) is 9.88 Å². The van der Waals surface area contributed by atoms with E-state index in [0.29, 0.717) is 12.2 Å². The molecule has 0 saturated carbocycles. The van der Waals surface area contributed by atoms with Crippen LogP contribution in [0.3, 0.4) is 0 Å². The third-order valence-electron chi connectivity index (χ3n) is 3.10. The first-order valence-electron chi connectivity index (χ1n) is 6.17. The van der Waals surface area contributed by atoms with E-state index in [0.717, 1.165) is 17.8 Å². The Morgan fingerprint density at radius 1 is 1.45 bits per heavy atom. The molecule has 0 unspecified atom stereocenters. The van der Waals surface area contributed by atoms with Gasteiger partial charge in [-0.05, 0) is 25.6 Å². The van der Waals surface area contributed by atoms with Crippen molar-refractivity contribution in [3.63, 3.8) is 0 Å². The van der Waals surface area contributed by atoms with E-state index >= 15 is 0 Å². The molecule has 0 aliphatic rings. The second kappa shape index (κ2) is 6.02. The predicted molar refractivity (Wildman–Crippen MR) is 79.8 cm³/mol. The van der Waals surface area contributed by atoms with E-state index in [1.54, 1.807) is 29.5 Å². The van der Waals surface area contributed by atoms with Gasteiger partial charge in [0.05, 0.1) is 16.8 Å². The third kappa shape index (κ3) is 3.15. The molecule has 0 saturated heterocycles. The van der Waals surface area contributed by atoms with E-state index in [-0.39, 0.29) is 5.56 Å². The number of rotatable bonds is 5. The molecule has 106 valence electrons. The molecule has 3 N–H and O–H groups in total. The Morgan fingerprint density at radius 2 is 2.20 bits per heavy atom. The zero-order valence-corrected chi connectivity index (χ0v) is 12.3. The Labute approximate surface area is 121 Å². The summed E-state index contributed by atoms with van der Waals surface area (Å²) in [7, 11) is 1.95. The maximum absolute atomic E-state index is 11.3. The maximum Gasteiger partial charge on any atom is 0.338 e. The number of thiazole rings is 1. The lowest BCUT2D eigenvalue weighted by Crippen LogP contribution is -2.19. The van der Waals surface area contributed by atoms with Crippen molar-refractivity contribution >= 4 is 23.0 Å². The standard InChI is InChI=1S/C14H17N3O2S/c1-9-12(20-8-16-9)7-17(2)6-10-4-3-5-11(15)13(10)14(18)19/h3-5,8H,6-7,15H2,1-2H3,(H,18,19). The van der Waals surface area contributed by atoms with Crippen molar-refractivity contribution in [2.75, 3.05) is 12.8 Å². The van der Waals surface area contributed by atoms with Crippen molar-refractivity contribution in [1.29, 1.82) is 0 Å². The molecule has 0 aliphatic carbocycles. The summed E-state index contributed by atoms with van der Waals surface area (Å²) in [6, 6.07) is 5.19. The molecule has 6 heteroatoms. The zero-order chi connectivity index (χ0) is 14.7. The zero-order valence-electron chi connectivity index (χ0n) is 11.5. The van der Waals surface area contributed by atoms with E-state index in [1.807, 2.05) is 19.5 Å². The van der Waals surface area contributed by atoms with Crippen LogP contribution in [0, 0.1) is 6.92 Å². The molecule has 2 rings (SSSR count). The summed E-state index contributed by atoms with van der Waals surface area (Å²) in [6.45, 7) is 3.25. The average Bonchev–Trinajstić information content (AvgIpc) is 2.74. The number of carbonyl (C=O) groups is 1. The molecular weight excluding hydrogens is 274 g/mol. The molecule has 0 aliphatic heterocycles. The maximum atomic E-state index is 11.3. The first kappa shape index (κ1) is 14.5. The van der Waals surface area contributed by atoms with E-state index < -0.39 is 5.97 Å². The van der Waals surface area contributed by atoms with Gasteiger partial charge in [0.15, 0.2) is 0 Å². The molecule has 1 heterocycles. The Bertz CT molecular complexity index is 625. The number of aromatic nitrogens is 1. The van der Waals surface area contributed by atoms with Crippen LogP contribution in [0.15, 0.2) is 23.7 Å². The SMILES string of the molecule is Cc1ncsc1CN(C)Cc1cccc(N)c1C(=O)O. The van der Waals surface area contributed by atoms with Crippen LogP contribution in [0.2, 0.25) is 0 Å². The summed E-state index contributed by atoms with van der Waals surface area (Å²) in [5.41, 5.74) is 9.82. The van der Waals surface area contributed by atoms with Gasteiger partial charge in [-0.2, -0.15) is 0 Å². The Balaban J connectivity index is 2.16. The predicted octanol–water partition coefficient (Wildman–Crippen LogP) is 2.36. The molecule has 20 heavy (non-hydrogen) atoms. The fourth-order valence-electron chi connectivity index (χ4n) is 2.08. The summed E-state index contributed by atoms with van der Waals surface area (Å²) in [4.78, 5) is 18.7. The number of hydrogen-bond acceptors (Lipinski definition) is 5. The van der Waals surface area contributed by atoms with Crippen molar-refractivity contribution in [3.05, 3.63) is 45.4 Å². The molecule has 0 radical (unpaired) electrons. The van der Waals surface area contributed by atoms with Gasteiger partial charge in [0, 0.05) is 23.7 Å². The molecule has 0 fully saturated rings. The van der Waals surface area contributed by atoms with Crippen LogP contribution in [0.4, 0.5) is 5.69 Å². The number of carboxylic acid groups (broad SMARTS) is 1. The topological polar surface area (TPSA) is 79.5 Å². The molecular formula is C14H17N3O2S. The highest BCUT2D eigenvalue weighted by molar-refractivity contribution is 7.09. The van der Waals surface area contributed by atoms with Crippen LogP contribution < -0.4 is 5.73 Å². The van der Waals surface area contributed by atoms with Crippen LogP contribution in [-0.2, 0) is 13.1 Å². The van der Waals surface area contributed by atoms with Gasteiger partial charge in [-0.15, -0.1) is 11.3 Å². The molecule has 2 aromatic rings. The summed E-state index contributed by atoms with van der Waals surface area (Å²) in [5, 5.41) is 9.25. The highest BCUT2D eigenvalue weighted by Gasteiger charge is 2.15. The van der Waals surface area contributed by atoms with Crippen LogP contribution in [0.25, 0.3) is 0 Å². The molecule has 1 aromatic carbocycles.